The highest BCUT2D eigenvalue weighted by Gasteiger charge is 2.15. The van der Waals surface area contributed by atoms with Crippen LogP contribution in [0.25, 0.3) is 0 Å². The van der Waals surface area contributed by atoms with Crippen molar-refractivity contribution in [3.63, 3.8) is 0 Å². The summed E-state index contributed by atoms with van der Waals surface area (Å²) in [5, 5.41) is 2.79. The van der Waals surface area contributed by atoms with E-state index in [1.54, 1.807) is 12.1 Å². The van der Waals surface area contributed by atoms with E-state index in [1.807, 2.05) is 0 Å². The summed E-state index contributed by atoms with van der Waals surface area (Å²) in [6, 6.07) is 5.98. The van der Waals surface area contributed by atoms with Gasteiger partial charge in [-0.3, -0.25) is 4.79 Å². The summed E-state index contributed by atoms with van der Waals surface area (Å²) in [7, 11) is -2.20. The second kappa shape index (κ2) is 8.42. The van der Waals surface area contributed by atoms with Crippen LogP contribution in [0, 0.1) is 0 Å². The first kappa shape index (κ1) is 17.9. The van der Waals surface area contributed by atoms with Gasteiger partial charge >= 0.3 is 0 Å². The van der Waals surface area contributed by atoms with Crippen molar-refractivity contribution >= 4 is 15.9 Å². The van der Waals surface area contributed by atoms with E-state index in [2.05, 4.69) is 10.0 Å². The Bertz CT molecular complexity index is 625. The zero-order chi connectivity index (χ0) is 16.7. The molecule has 2 N–H and O–H groups in total. The van der Waals surface area contributed by atoms with Gasteiger partial charge in [0.1, 0.15) is 0 Å². The second-order valence-electron chi connectivity index (χ2n) is 5.62. The predicted octanol–water partition coefficient (Wildman–Crippen LogP) is 1.67. The molecular weight excluding hydrogens is 316 g/mol. The number of hydrogen-bond donors (Lipinski definition) is 2. The van der Waals surface area contributed by atoms with E-state index in [-0.39, 0.29) is 10.8 Å². The van der Waals surface area contributed by atoms with Gasteiger partial charge in [-0.1, -0.05) is 18.9 Å². The Morgan fingerprint density at radius 3 is 2.74 bits per heavy atom. The maximum atomic E-state index is 12.1. The Morgan fingerprint density at radius 2 is 2.04 bits per heavy atom. The van der Waals surface area contributed by atoms with Crippen molar-refractivity contribution in [1.82, 2.24) is 10.0 Å². The first-order chi connectivity index (χ1) is 11.0. The molecule has 1 aromatic carbocycles. The van der Waals surface area contributed by atoms with Crippen LogP contribution in [0.3, 0.4) is 0 Å². The Morgan fingerprint density at radius 1 is 1.30 bits per heavy atom. The van der Waals surface area contributed by atoms with Crippen LogP contribution >= 0.6 is 0 Å². The quantitative estimate of drug-likeness (QED) is 0.705. The summed E-state index contributed by atoms with van der Waals surface area (Å²) in [4.78, 5) is 12.1. The van der Waals surface area contributed by atoms with Crippen molar-refractivity contribution in [3.05, 3.63) is 29.8 Å². The van der Waals surface area contributed by atoms with Gasteiger partial charge < -0.3 is 10.1 Å². The third kappa shape index (κ3) is 5.30. The van der Waals surface area contributed by atoms with Crippen molar-refractivity contribution < 1.29 is 17.9 Å². The molecule has 1 aliphatic rings. The van der Waals surface area contributed by atoms with Crippen LogP contribution in [0.2, 0.25) is 0 Å². The number of nitrogens with one attached hydrogen (secondary N) is 2. The Labute approximate surface area is 137 Å². The number of amides is 1. The summed E-state index contributed by atoms with van der Waals surface area (Å²) in [6.45, 7) is 1.15. The third-order valence-electron chi connectivity index (χ3n) is 3.94. The largest absolute Gasteiger partial charge is 0.378 e. The first-order valence-electron chi connectivity index (χ1n) is 7.96. The van der Waals surface area contributed by atoms with Gasteiger partial charge in [0.05, 0.1) is 11.0 Å². The van der Waals surface area contributed by atoms with Gasteiger partial charge in [0, 0.05) is 18.7 Å². The van der Waals surface area contributed by atoms with Crippen LogP contribution in [0.15, 0.2) is 29.2 Å². The summed E-state index contributed by atoms with van der Waals surface area (Å²) in [5.74, 6) is -0.279. The molecule has 0 atom stereocenters. The van der Waals surface area contributed by atoms with E-state index in [9.17, 15) is 13.2 Å². The number of carbonyl (C=O) groups excluding carboxylic acids is 1. The minimum atomic E-state index is -3.54. The lowest BCUT2D eigenvalue weighted by Crippen LogP contribution is -2.26. The smallest absolute Gasteiger partial charge is 0.251 e. The first-order valence-corrected chi connectivity index (χ1v) is 9.44. The number of ether oxygens (including phenoxy) is 1. The normalized spacial score (nSPS) is 15.7. The van der Waals surface area contributed by atoms with Gasteiger partial charge in [-0.2, -0.15) is 0 Å². The Balaban J connectivity index is 1.78. The average Bonchev–Trinajstić information content (AvgIpc) is 3.08. The van der Waals surface area contributed by atoms with E-state index >= 15 is 0 Å². The summed E-state index contributed by atoms with van der Waals surface area (Å²) < 4.78 is 31.4. The number of hydrogen-bond acceptors (Lipinski definition) is 4. The fourth-order valence-electron chi connectivity index (χ4n) is 2.60. The molecule has 1 aliphatic carbocycles. The van der Waals surface area contributed by atoms with Crippen LogP contribution in [0.1, 0.15) is 42.5 Å². The molecule has 1 aromatic rings. The molecule has 0 unspecified atom stereocenters. The molecule has 1 amide bonds. The predicted molar refractivity (Wildman–Crippen MR) is 87.8 cm³/mol. The van der Waals surface area contributed by atoms with Gasteiger partial charge in [0.2, 0.25) is 10.0 Å². The topological polar surface area (TPSA) is 84.5 Å². The average molecular weight is 340 g/mol. The number of benzene rings is 1. The van der Waals surface area contributed by atoms with Crippen LogP contribution in [0.5, 0.6) is 0 Å². The molecule has 6 nitrogen and oxygen atoms in total. The molecule has 2 rings (SSSR count). The van der Waals surface area contributed by atoms with Crippen molar-refractivity contribution in [2.45, 2.75) is 43.1 Å². The molecule has 0 radical (unpaired) electrons. The minimum absolute atomic E-state index is 0.0808. The number of carbonyl (C=O) groups is 1. The highest BCUT2D eigenvalue weighted by Crippen LogP contribution is 2.20. The number of sulfonamides is 1. The van der Waals surface area contributed by atoms with Crippen molar-refractivity contribution in [3.8, 4) is 0 Å². The fraction of sp³-hybridized carbons (Fsp3) is 0.562. The van der Waals surface area contributed by atoms with Gasteiger partial charge in [-0.15, -0.1) is 0 Å². The zero-order valence-corrected chi connectivity index (χ0v) is 14.2. The molecule has 0 bridgehead atoms. The van der Waals surface area contributed by atoms with Gasteiger partial charge in [0.15, 0.2) is 0 Å². The molecule has 23 heavy (non-hydrogen) atoms. The van der Waals surface area contributed by atoms with Gasteiger partial charge in [0.25, 0.3) is 5.91 Å². The molecule has 7 heteroatoms. The highest BCUT2D eigenvalue weighted by molar-refractivity contribution is 7.89. The Hall–Kier alpha value is -1.44. The molecular formula is C16H24N2O4S. The van der Waals surface area contributed by atoms with E-state index in [0.717, 1.165) is 19.3 Å². The van der Waals surface area contributed by atoms with Crippen molar-refractivity contribution in [2.24, 2.45) is 0 Å². The summed E-state index contributed by atoms with van der Waals surface area (Å²) in [6.07, 6.45) is 5.89. The second-order valence-corrected chi connectivity index (χ2v) is 7.51. The summed E-state index contributed by atoms with van der Waals surface area (Å²) in [5.41, 5.74) is 0.332. The van der Waals surface area contributed by atoms with E-state index < -0.39 is 10.0 Å². The molecule has 0 aliphatic heterocycles. The lowest BCUT2D eigenvalue weighted by Gasteiger charge is -2.11. The van der Waals surface area contributed by atoms with E-state index in [0.29, 0.717) is 24.8 Å². The van der Waals surface area contributed by atoms with E-state index in [1.165, 1.54) is 32.0 Å². The summed E-state index contributed by atoms with van der Waals surface area (Å²) >= 11 is 0. The number of rotatable bonds is 8. The molecule has 1 saturated carbocycles. The maximum absolute atomic E-state index is 12.1. The fourth-order valence-corrected chi connectivity index (χ4v) is 3.38. The molecule has 128 valence electrons. The van der Waals surface area contributed by atoms with E-state index in [4.69, 9.17) is 4.74 Å². The van der Waals surface area contributed by atoms with Gasteiger partial charge in [-0.25, -0.2) is 13.1 Å². The maximum Gasteiger partial charge on any atom is 0.251 e. The lowest BCUT2D eigenvalue weighted by molar-refractivity contribution is 0.0565. The van der Waals surface area contributed by atoms with Crippen LogP contribution in [-0.2, 0) is 14.8 Å². The van der Waals surface area contributed by atoms with Crippen LogP contribution in [0.4, 0.5) is 0 Å². The molecule has 0 aromatic heterocycles. The lowest BCUT2D eigenvalue weighted by atomic mass is 10.2. The zero-order valence-electron chi connectivity index (χ0n) is 13.4. The van der Waals surface area contributed by atoms with Crippen LogP contribution in [-0.4, -0.2) is 40.6 Å². The molecule has 0 spiro atoms. The molecule has 0 saturated heterocycles. The SMILES string of the molecule is CNS(=O)(=O)c1cccc(C(=O)NCCCOC2CCCC2)c1. The van der Waals surface area contributed by atoms with Crippen molar-refractivity contribution in [1.29, 1.82) is 0 Å². The monoisotopic (exact) mass is 340 g/mol. The van der Waals surface area contributed by atoms with Crippen LogP contribution < -0.4 is 10.0 Å². The Kier molecular flexibility index (Phi) is 6.56. The molecule has 0 heterocycles. The highest BCUT2D eigenvalue weighted by atomic mass is 32.2. The third-order valence-corrected chi connectivity index (χ3v) is 5.35. The standard InChI is InChI=1S/C16H24N2O4S/c1-17-23(20,21)15-9-4-6-13(12-15)16(19)18-10-5-11-22-14-7-2-3-8-14/h4,6,9,12,14,17H,2-3,5,7-8,10-11H2,1H3,(H,18,19). The van der Waals surface area contributed by atoms with Gasteiger partial charge in [-0.05, 0) is 44.5 Å². The molecule has 1 fully saturated rings. The van der Waals surface area contributed by atoms with Crippen molar-refractivity contribution in [2.75, 3.05) is 20.2 Å². The minimum Gasteiger partial charge on any atom is -0.378 e.